The smallest absolute Gasteiger partial charge is 0.260 e. The number of imide groups is 1. The van der Waals surface area contributed by atoms with E-state index in [9.17, 15) is 9.59 Å². The summed E-state index contributed by atoms with van der Waals surface area (Å²) in [6.45, 7) is 6.00. The molecule has 0 fully saturated rings. The molecule has 1 N–H and O–H groups in total. The molecular formula is C10H5Br4NO2. The highest BCUT2D eigenvalue weighted by Crippen LogP contribution is 2.43. The minimum absolute atomic E-state index is 0.349. The summed E-state index contributed by atoms with van der Waals surface area (Å²) in [6.07, 6.45) is 0. The topological polar surface area (TPSA) is 46.2 Å². The summed E-state index contributed by atoms with van der Waals surface area (Å²) in [7, 11) is 0. The van der Waals surface area contributed by atoms with E-state index in [0.29, 0.717) is 29.0 Å². The van der Waals surface area contributed by atoms with E-state index in [0.717, 1.165) is 0 Å². The minimum atomic E-state index is -0.393. The zero-order chi connectivity index (χ0) is 13.3. The van der Waals surface area contributed by atoms with Gasteiger partial charge in [-0.1, -0.05) is 0 Å². The van der Waals surface area contributed by atoms with Gasteiger partial charge in [0, 0.05) is 17.9 Å². The van der Waals surface area contributed by atoms with E-state index in [-0.39, 0.29) is 0 Å². The largest absolute Gasteiger partial charge is 0.288 e. The van der Waals surface area contributed by atoms with Crippen molar-refractivity contribution in [2.24, 2.45) is 0 Å². The van der Waals surface area contributed by atoms with Gasteiger partial charge in [-0.2, -0.15) is 0 Å². The van der Waals surface area contributed by atoms with Crippen LogP contribution < -0.4 is 5.32 Å². The summed E-state index contributed by atoms with van der Waals surface area (Å²) >= 11 is 13.2. The van der Waals surface area contributed by atoms with E-state index in [1.54, 1.807) is 0 Å². The van der Waals surface area contributed by atoms with Gasteiger partial charge in [-0.15, -0.1) is 13.2 Å². The fourth-order valence-corrected chi connectivity index (χ4v) is 3.76. The molecule has 1 aromatic rings. The Labute approximate surface area is 132 Å². The molecule has 17 heavy (non-hydrogen) atoms. The molecule has 2 rings (SSSR count). The maximum atomic E-state index is 11.5. The molecule has 0 atom stereocenters. The number of nitrogens with one attached hydrogen (secondary N) is 1. The lowest BCUT2D eigenvalue weighted by atomic mass is 10.1. The number of benzene rings is 1. The Bertz CT molecular complexity index is 483. The second-order valence-corrected chi connectivity index (χ2v) is 5.96. The Hall–Kier alpha value is 0.0200. The van der Waals surface area contributed by atoms with Gasteiger partial charge >= 0.3 is 0 Å². The molecule has 0 spiro atoms. The second-order valence-electron chi connectivity index (χ2n) is 2.79. The first-order chi connectivity index (χ1) is 7.95. The Morgan fingerprint density at radius 2 is 1.00 bits per heavy atom. The van der Waals surface area contributed by atoms with Gasteiger partial charge in [0.2, 0.25) is 0 Å². The molecule has 2 amide bonds. The fourth-order valence-electron chi connectivity index (χ4n) is 1.29. The van der Waals surface area contributed by atoms with Crippen molar-refractivity contribution < 1.29 is 9.59 Å². The number of hydrogen-bond donors (Lipinski definition) is 1. The predicted molar refractivity (Wildman–Crippen MR) is 80.3 cm³/mol. The molecule has 1 aliphatic rings. The Balaban J connectivity index is 0.000000686. The second kappa shape index (κ2) is 5.77. The van der Waals surface area contributed by atoms with Crippen LogP contribution in [-0.4, -0.2) is 11.8 Å². The quantitative estimate of drug-likeness (QED) is 0.253. The van der Waals surface area contributed by atoms with Crippen molar-refractivity contribution in [1.82, 2.24) is 5.32 Å². The highest BCUT2D eigenvalue weighted by atomic mass is 79.9. The lowest BCUT2D eigenvalue weighted by molar-refractivity contribution is 0.0879. The van der Waals surface area contributed by atoms with Crippen LogP contribution in [0.4, 0.5) is 0 Å². The van der Waals surface area contributed by atoms with Crippen molar-refractivity contribution >= 4 is 75.5 Å². The van der Waals surface area contributed by atoms with Crippen LogP contribution >= 0.6 is 63.7 Å². The maximum Gasteiger partial charge on any atom is 0.260 e. The van der Waals surface area contributed by atoms with Gasteiger partial charge in [-0.05, 0) is 63.7 Å². The maximum absolute atomic E-state index is 11.5. The zero-order valence-electron chi connectivity index (χ0n) is 8.24. The van der Waals surface area contributed by atoms with Gasteiger partial charge in [0.15, 0.2) is 0 Å². The van der Waals surface area contributed by atoms with E-state index in [2.05, 4.69) is 82.2 Å². The Kier molecular flexibility index (Phi) is 5.12. The lowest BCUT2D eigenvalue weighted by Gasteiger charge is -2.07. The van der Waals surface area contributed by atoms with Gasteiger partial charge < -0.3 is 0 Å². The summed E-state index contributed by atoms with van der Waals surface area (Å²) in [5, 5.41) is 2.24. The zero-order valence-corrected chi connectivity index (χ0v) is 14.6. The molecule has 3 nitrogen and oxygen atoms in total. The normalized spacial score (nSPS) is 12.7. The highest BCUT2D eigenvalue weighted by Gasteiger charge is 2.34. The van der Waals surface area contributed by atoms with Crippen LogP contribution in [-0.2, 0) is 0 Å². The number of halogens is 4. The van der Waals surface area contributed by atoms with Crippen molar-refractivity contribution in [3.63, 3.8) is 0 Å². The molecule has 0 saturated heterocycles. The SMILES string of the molecule is C=C.O=C1NC(=O)c2c(Br)c(Br)c(Br)c(Br)c21. The number of carbonyl (C=O) groups is 2. The van der Waals surface area contributed by atoms with Gasteiger partial charge in [0.25, 0.3) is 11.8 Å². The molecule has 1 heterocycles. The average molecular weight is 491 g/mol. The molecule has 0 bridgehead atoms. The monoisotopic (exact) mass is 487 g/mol. The third-order valence-electron chi connectivity index (χ3n) is 1.95. The van der Waals surface area contributed by atoms with Crippen molar-refractivity contribution in [2.45, 2.75) is 0 Å². The number of hydrogen-bond acceptors (Lipinski definition) is 2. The summed E-state index contributed by atoms with van der Waals surface area (Å²) in [4.78, 5) is 23.0. The first-order valence-electron chi connectivity index (χ1n) is 4.16. The van der Waals surface area contributed by atoms with Gasteiger partial charge in [0.05, 0.1) is 11.1 Å². The Morgan fingerprint density at radius 1 is 0.706 bits per heavy atom. The van der Waals surface area contributed by atoms with Crippen LogP contribution in [0.25, 0.3) is 0 Å². The summed E-state index contributed by atoms with van der Waals surface area (Å²) in [5.74, 6) is -0.786. The van der Waals surface area contributed by atoms with Crippen LogP contribution in [0.1, 0.15) is 20.7 Å². The molecule has 0 aromatic heterocycles. The van der Waals surface area contributed by atoms with Gasteiger partial charge in [-0.3, -0.25) is 14.9 Å². The fraction of sp³-hybridized carbons (Fsp3) is 0. The van der Waals surface area contributed by atoms with Crippen LogP contribution in [0.15, 0.2) is 31.0 Å². The number of amides is 2. The summed E-state index contributed by atoms with van der Waals surface area (Å²) < 4.78 is 2.52. The Morgan fingerprint density at radius 3 is 1.29 bits per heavy atom. The molecular weight excluding hydrogens is 486 g/mol. The highest BCUT2D eigenvalue weighted by molar-refractivity contribution is 9.15. The standard InChI is InChI=1S/C8HBr4NO2.C2H4/c9-3-1-2(8(15)13-7(1)14)4(10)6(12)5(3)11;1-2/h(H,13,14,15);1-2H2. The molecule has 7 heteroatoms. The van der Waals surface area contributed by atoms with Crippen molar-refractivity contribution in [1.29, 1.82) is 0 Å². The van der Waals surface area contributed by atoms with Crippen LogP contribution in [0, 0.1) is 0 Å². The summed E-state index contributed by atoms with van der Waals surface area (Å²) in [5.41, 5.74) is 0.698. The van der Waals surface area contributed by atoms with E-state index in [4.69, 9.17) is 0 Å². The molecule has 1 aliphatic heterocycles. The minimum Gasteiger partial charge on any atom is -0.288 e. The molecule has 0 aliphatic carbocycles. The summed E-state index contributed by atoms with van der Waals surface area (Å²) in [6, 6.07) is 0. The van der Waals surface area contributed by atoms with E-state index in [1.807, 2.05) is 0 Å². The van der Waals surface area contributed by atoms with Crippen LogP contribution in [0.3, 0.4) is 0 Å². The molecule has 0 radical (unpaired) electrons. The van der Waals surface area contributed by atoms with Crippen LogP contribution in [0.2, 0.25) is 0 Å². The number of carbonyl (C=O) groups excluding carboxylic acids is 2. The van der Waals surface area contributed by atoms with Crippen LogP contribution in [0.5, 0.6) is 0 Å². The molecule has 0 saturated carbocycles. The molecule has 1 aromatic carbocycles. The molecule has 0 unspecified atom stereocenters. The number of fused-ring (bicyclic) bond motifs is 1. The third kappa shape index (κ3) is 2.43. The van der Waals surface area contributed by atoms with Crippen molar-refractivity contribution in [3.8, 4) is 0 Å². The van der Waals surface area contributed by atoms with E-state index >= 15 is 0 Å². The van der Waals surface area contributed by atoms with E-state index in [1.165, 1.54) is 0 Å². The van der Waals surface area contributed by atoms with Gasteiger partial charge in [-0.25, -0.2) is 0 Å². The average Bonchev–Trinajstić information content (AvgIpc) is 2.61. The molecule has 90 valence electrons. The lowest BCUT2D eigenvalue weighted by Crippen LogP contribution is -2.20. The first kappa shape index (κ1) is 15.1. The predicted octanol–water partition coefficient (Wildman–Crippen LogP) is 4.42. The third-order valence-corrected chi connectivity index (χ3v) is 6.72. The number of rotatable bonds is 0. The van der Waals surface area contributed by atoms with Gasteiger partial charge in [0.1, 0.15) is 0 Å². The van der Waals surface area contributed by atoms with Crippen molar-refractivity contribution in [3.05, 3.63) is 42.2 Å². The van der Waals surface area contributed by atoms with Crippen molar-refractivity contribution in [2.75, 3.05) is 0 Å². The first-order valence-corrected chi connectivity index (χ1v) is 7.34. The van der Waals surface area contributed by atoms with E-state index < -0.39 is 11.8 Å².